The Bertz CT molecular complexity index is 254. The Balaban J connectivity index is 2.17. The lowest BCUT2D eigenvalue weighted by atomic mass is 10.1. The summed E-state index contributed by atoms with van der Waals surface area (Å²) >= 11 is 1.91. The van der Waals surface area contributed by atoms with E-state index in [2.05, 4.69) is 31.0 Å². The van der Waals surface area contributed by atoms with E-state index < -0.39 is 0 Å². The van der Waals surface area contributed by atoms with Gasteiger partial charge in [-0.3, -0.25) is 4.98 Å². The monoisotopic (exact) mass is 210 g/mol. The first-order valence-corrected chi connectivity index (χ1v) is 5.99. The molecule has 0 atom stereocenters. The number of pyridine rings is 1. The van der Waals surface area contributed by atoms with Crippen LogP contribution in [-0.4, -0.2) is 22.0 Å². The van der Waals surface area contributed by atoms with Gasteiger partial charge < -0.3 is 5.73 Å². The molecule has 0 aliphatic heterocycles. The maximum Gasteiger partial charge on any atom is 0.0270 e. The molecule has 0 aliphatic rings. The van der Waals surface area contributed by atoms with Crippen LogP contribution in [0.15, 0.2) is 24.5 Å². The molecule has 0 amide bonds. The minimum atomic E-state index is -0.0527. The molecule has 2 N–H and O–H groups in total. The van der Waals surface area contributed by atoms with Crippen molar-refractivity contribution in [2.45, 2.75) is 25.8 Å². The summed E-state index contributed by atoms with van der Waals surface area (Å²) in [5.74, 6) is 2.14. The molecule has 78 valence electrons. The lowest BCUT2D eigenvalue weighted by molar-refractivity contribution is 0.591. The molecule has 0 fully saturated rings. The molecule has 0 unspecified atom stereocenters. The Morgan fingerprint density at radius 3 is 2.57 bits per heavy atom. The molecule has 2 nitrogen and oxygen atoms in total. The molecule has 0 aliphatic carbocycles. The summed E-state index contributed by atoms with van der Waals surface area (Å²) in [5, 5.41) is 0. The molecule has 1 rings (SSSR count). The maximum atomic E-state index is 5.88. The molecule has 1 aromatic heterocycles. The van der Waals surface area contributed by atoms with Crippen LogP contribution in [0.2, 0.25) is 0 Å². The van der Waals surface area contributed by atoms with Gasteiger partial charge in [-0.15, -0.1) is 0 Å². The zero-order valence-corrected chi connectivity index (χ0v) is 9.68. The van der Waals surface area contributed by atoms with Crippen LogP contribution in [0.4, 0.5) is 0 Å². The Labute approximate surface area is 90.3 Å². The molecule has 0 saturated heterocycles. The highest BCUT2D eigenvalue weighted by atomic mass is 32.2. The second-order valence-electron chi connectivity index (χ2n) is 4.15. The fraction of sp³-hybridized carbons (Fsp3) is 0.545. The van der Waals surface area contributed by atoms with Crippen molar-refractivity contribution in [2.24, 2.45) is 5.73 Å². The van der Waals surface area contributed by atoms with Crippen molar-refractivity contribution in [1.29, 1.82) is 0 Å². The molecule has 14 heavy (non-hydrogen) atoms. The Hall–Kier alpha value is -0.540. The highest BCUT2D eigenvalue weighted by Crippen LogP contribution is 2.11. The molecule has 0 saturated carbocycles. The number of thioether (sulfide) groups is 1. The van der Waals surface area contributed by atoms with E-state index >= 15 is 0 Å². The quantitative estimate of drug-likeness (QED) is 0.756. The number of nitrogens with zero attached hydrogens (tertiary/aromatic N) is 1. The zero-order chi connectivity index (χ0) is 10.4. The van der Waals surface area contributed by atoms with Crippen LogP contribution in [0.25, 0.3) is 0 Å². The van der Waals surface area contributed by atoms with Gasteiger partial charge in [0.1, 0.15) is 0 Å². The van der Waals surface area contributed by atoms with Crippen LogP contribution in [0.3, 0.4) is 0 Å². The fourth-order valence-corrected chi connectivity index (χ4v) is 2.13. The zero-order valence-electron chi connectivity index (χ0n) is 8.86. The number of aromatic nitrogens is 1. The lowest BCUT2D eigenvalue weighted by Gasteiger charge is -2.17. The van der Waals surface area contributed by atoms with E-state index in [1.54, 1.807) is 0 Å². The summed E-state index contributed by atoms with van der Waals surface area (Å²) in [6.07, 6.45) is 4.78. The molecule has 0 bridgehead atoms. The van der Waals surface area contributed by atoms with Gasteiger partial charge in [-0.2, -0.15) is 11.8 Å². The van der Waals surface area contributed by atoms with Gasteiger partial charge in [0.15, 0.2) is 0 Å². The predicted molar refractivity (Wildman–Crippen MR) is 63.5 cm³/mol. The van der Waals surface area contributed by atoms with E-state index in [0.29, 0.717) is 0 Å². The van der Waals surface area contributed by atoms with Crippen LogP contribution < -0.4 is 5.73 Å². The van der Waals surface area contributed by atoms with Crippen molar-refractivity contribution in [3.8, 4) is 0 Å². The lowest BCUT2D eigenvalue weighted by Crippen LogP contribution is -2.34. The summed E-state index contributed by atoms with van der Waals surface area (Å²) in [6.45, 7) is 4.12. The molecular weight excluding hydrogens is 192 g/mol. The number of hydrogen-bond donors (Lipinski definition) is 1. The third-order valence-corrected chi connectivity index (χ3v) is 3.20. The highest BCUT2D eigenvalue weighted by molar-refractivity contribution is 7.99. The topological polar surface area (TPSA) is 38.9 Å². The summed E-state index contributed by atoms with van der Waals surface area (Å²) in [4.78, 5) is 3.99. The van der Waals surface area contributed by atoms with Gasteiger partial charge in [-0.25, -0.2) is 0 Å². The summed E-state index contributed by atoms with van der Waals surface area (Å²) in [7, 11) is 0. The third kappa shape index (κ3) is 5.25. The largest absolute Gasteiger partial charge is 0.325 e. The summed E-state index contributed by atoms with van der Waals surface area (Å²) < 4.78 is 0. The Morgan fingerprint density at radius 2 is 2.00 bits per heavy atom. The SMILES string of the molecule is CC(C)(N)CSCCc1ccncc1. The normalized spacial score (nSPS) is 11.6. The van der Waals surface area contributed by atoms with Crippen LogP contribution in [0, 0.1) is 0 Å². The first kappa shape index (κ1) is 11.5. The first-order chi connectivity index (χ1) is 6.58. The minimum Gasteiger partial charge on any atom is -0.325 e. The molecule has 1 heterocycles. The van der Waals surface area contributed by atoms with E-state index in [9.17, 15) is 0 Å². The fourth-order valence-electron chi connectivity index (χ4n) is 1.07. The van der Waals surface area contributed by atoms with Gasteiger partial charge in [0.25, 0.3) is 0 Å². The molecule has 0 radical (unpaired) electrons. The second-order valence-corrected chi connectivity index (χ2v) is 5.25. The Morgan fingerprint density at radius 1 is 1.36 bits per heavy atom. The Kier molecular flexibility index (Phi) is 4.42. The van der Waals surface area contributed by atoms with E-state index in [0.717, 1.165) is 17.9 Å². The first-order valence-electron chi connectivity index (χ1n) is 4.83. The molecular formula is C11H18N2S. The standard InChI is InChI=1S/C11H18N2S/c1-11(2,12)9-14-8-5-10-3-6-13-7-4-10/h3-4,6-7H,5,8-9,12H2,1-2H3. The number of aryl methyl sites for hydroxylation is 1. The van der Waals surface area contributed by atoms with Crippen molar-refractivity contribution in [3.05, 3.63) is 30.1 Å². The highest BCUT2D eigenvalue weighted by Gasteiger charge is 2.09. The van der Waals surface area contributed by atoms with E-state index in [-0.39, 0.29) is 5.54 Å². The van der Waals surface area contributed by atoms with Gasteiger partial charge in [-0.1, -0.05) is 0 Å². The molecule has 3 heteroatoms. The van der Waals surface area contributed by atoms with Crippen molar-refractivity contribution < 1.29 is 0 Å². The van der Waals surface area contributed by atoms with E-state index in [4.69, 9.17) is 5.73 Å². The van der Waals surface area contributed by atoms with Crippen LogP contribution >= 0.6 is 11.8 Å². The van der Waals surface area contributed by atoms with Crippen molar-refractivity contribution in [1.82, 2.24) is 4.98 Å². The summed E-state index contributed by atoms with van der Waals surface area (Å²) in [5.41, 5.74) is 7.18. The average Bonchev–Trinajstić information content (AvgIpc) is 2.13. The third-order valence-electron chi connectivity index (χ3n) is 1.76. The van der Waals surface area contributed by atoms with Crippen LogP contribution in [-0.2, 0) is 6.42 Å². The van der Waals surface area contributed by atoms with Crippen molar-refractivity contribution in [2.75, 3.05) is 11.5 Å². The summed E-state index contributed by atoms with van der Waals surface area (Å²) in [6, 6.07) is 4.13. The van der Waals surface area contributed by atoms with Gasteiger partial charge in [0.05, 0.1) is 0 Å². The van der Waals surface area contributed by atoms with E-state index in [1.807, 2.05) is 24.2 Å². The van der Waals surface area contributed by atoms with Crippen molar-refractivity contribution in [3.63, 3.8) is 0 Å². The van der Waals surface area contributed by atoms with Gasteiger partial charge >= 0.3 is 0 Å². The number of hydrogen-bond acceptors (Lipinski definition) is 3. The van der Waals surface area contributed by atoms with Gasteiger partial charge in [0, 0.05) is 23.7 Å². The number of nitrogens with two attached hydrogens (primary N) is 1. The van der Waals surface area contributed by atoms with Gasteiger partial charge in [-0.05, 0) is 43.7 Å². The minimum absolute atomic E-state index is 0.0527. The van der Waals surface area contributed by atoms with E-state index in [1.165, 1.54) is 5.56 Å². The molecule has 0 spiro atoms. The number of rotatable bonds is 5. The molecule has 1 aromatic rings. The van der Waals surface area contributed by atoms with Crippen LogP contribution in [0.5, 0.6) is 0 Å². The maximum absolute atomic E-state index is 5.88. The smallest absolute Gasteiger partial charge is 0.0270 e. The van der Waals surface area contributed by atoms with Gasteiger partial charge in [0.2, 0.25) is 0 Å². The predicted octanol–water partition coefficient (Wildman–Crippen LogP) is 2.09. The average molecular weight is 210 g/mol. The second kappa shape index (κ2) is 5.37. The van der Waals surface area contributed by atoms with Crippen molar-refractivity contribution >= 4 is 11.8 Å². The molecule has 0 aromatic carbocycles. The van der Waals surface area contributed by atoms with Crippen LogP contribution in [0.1, 0.15) is 19.4 Å².